The van der Waals surface area contributed by atoms with Crippen LogP contribution < -0.4 is 0 Å². The second kappa shape index (κ2) is 5.02. The van der Waals surface area contributed by atoms with E-state index in [1.807, 2.05) is 12.3 Å². The fourth-order valence-corrected chi connectivity index (χ4v) is 2.89. The summed E-state index contributed by atoms with van der Waals surface area (Å²) in [4.78, 5) is 25.4. The first-order valence-electron chi connectivity index (χ1n) is 7.32. The van der Waals surface area contributed by atoms with Crippen molar-refractivity contribution in [3.8, 4) is 11.4 Å². The summed E-state index contributed by atoms with van der Waals surface area (Å²) in [6.07, 6.45) is 7.57. The van der Waals surface area contributed by atoms with Crippen molar-refractivity contribution < 1.29 is 4.79 Å². The summed E-state index contributed by atoms with van der Waals surface area (Å²) < 4.78 is 0. The lowest BCUT2D eigenvalue weighted by molar-refractivity contribution is 0.0910. The Kier molecular flexibility index (Phi) is 3.32. The van der Waals surface area contributed by atoms with E-state index in [2.05, 4.69) is 35.7 Å². The van der Waals surface area contributed by atoms with Crippen molar-refractivity contribution in [3.63, 3.8) is 0 Å². The second-order valence-electron chi connectivity index (χ2n) is 6.38. The molecular formula is C17H19N3O. The summed E-state index contributed by atoms with van der Waals surface area (Å²) >= 11 is 0. The number of Topliss-reactive ketones (excluding diaryl/α,β-unsaturated/α-hetero) is 1. The largest absolute Gasteiger partial charge is 0.294 e. The van der Waals surface area contributed by atoms with Crippen molar-refractivity contribution in [2.24, 2.45) is 5.41 Å². The van der Waals surface area contributed by atoms with Gasteiger partial charge in [0.05, 0.1) is 11.3 Å². The van der Waals surface area contributed by atoms with Gasteiger partial charge in [0.1, 0.15) is 0 Å². The van der Waals surface area contributed by atoms with Crippen LogP contribution in [0.1, 0.15) is 48.8 Å². The smallest absolute Gasteiger partial charge is 0.166 e. The van der Waals surface area contributed by atoms with Crippen LogP contribution in [0.25, 0.3) is 11.4 Å². The monoisotopic (exact) mass is 281 g/mol. The van der Waals surface area contributed by atoms with Crippen LogP contribution in [0.3, 0.4) is 0 Å². The Hall–Kier alpha value is -2.10. The molecule has 21 heavy (non-hydrogen) atoms. The first kappa shape index (κ1) is 13.9. The maximum atomic E-state index is 12.2. The Balaban J connectivity index is 2.10. The average Bonchev–Trinajstić information content (AvgIpc) is 2.45. The molecular weight excluding hydrogens is 262 g/mol. The highest BCUT2D eigenvalue weighted by atomic mass is 16.1. The van der Waals surface area contributed by atoms with Crippen LogP contribution in [-0.4, -0.2) is 20.7 Å². The molecule has 1 aliphatic rings. The second-order valence-corrected chi connectivity index (χ2v) is 6.38. The van der Waals surface area contributed by atoms with E-state index in [9.17, 15) is 4.79 Å². The molecule has 0 amide bonds. The fraction of sp³-hybridized carbons (Fsp3) is 0.412. The van der Waals surface area contributed by atoms with Gasteiger partial charge in [-0.3, -0.25) is 9.78 Å². The number of ketones is 1. The Morgan fingerprint density at radius 1 is 1.19 bits per heavy atom. The number of nitrogens with zero attached hydrogens (tertiary/aromatic N) is 3. The molecule has 4 heteroatoms. The van der Waals surface area contributed by atoms with E-state index in [1.165, 1.54) is 0 Å². The molecule has 2 heterocycles. The zero-order valence-electron chi connectivity index (χ0n) is 12.7. The maximum absolute atomic E-state index is 12.2. The molecule has 0 saturated carbocycles. The molecule has 0 N–H and O–H groups in total. The number of hydrogen-bond acceptors (Lipinski definition) is 4. The van der Waals surface area contributed by atoms with E-state index in [-0.39, 0.29) is 11.2 Å². The molecule has 0 radical (unpaired) electrons. The van der Waals surface area contributed by atoms with Crippen molar-refractivity contribution in [1.29, 1.82) is 0 Å². The first-order chi connectivity index (χ1) is 10.00. The Morgan fingerprint density at radius 3 is 2.76 bits per heavy atom. The van der Waals surface area contributed by atoms with Crippen LogP contribution in [0, 0.1) is 5.41 Å². The molecule has 4 nitrogen and oxygen atoms in total. The lowest BCUT2D eigenvalue weighted by Crippen LogP contribution is -2.28. The van der Waals surface area contributed by atoms with Crippen molar-refractivity contribution >= 4 is 5.78 Å². The molecule has 0 saturated heterocycles. The standard InChI is InChI=1S/C17H19N3O/c1-4-11-9-18-6-5-12(11)16-19-10-13-14(20-16)7-17(2,3)8-15(13)21/h5-6,9-10H,4,7-8H2,1-3H3. The predicted octanol–water partition coefficient (Wildman–Crippen LogP) is 3.26. The van der Waals surface area contributed by atoms with Gasteiger partial charge in [0.2, 0.25) is 0 Å². The molecule has 1 aliphatic carbocycles. The zero-order valence-corrected chi connectivity index (χ0v) is 12.7. The summed E-state index contributed by atoms with van der Waals surface area (Å²) in [5, 5.41) is 0. The number of rotatable bonds is 2. The maximum Gasteiger partial charge on any atom is 0.166 e. The number of aryl methyl sites for hydroxylation is 1. The van der Waals surface area contributed by atoms with Gasteiger partial charge in [-0.05, 0) is 29.9 Å². The van der Waals surface area contributed by atoms with Gasteiger partial charge in [0.15, 0.2) is 11.6 Å². The minimum atomic E-state index is -0.0263. The lowest BCUT2D eigenvalue weighted by atomic mass is 9.76. The number of carbonyl (C=O) groups excluding carboxylic acids is 1. The minimum absolute atomic E-state index is 0.0263. The summed E-state index contributed by atoms with van der Waals surface area (Å²) in [6.45, 7) is 6.31. The lowest BCUT2D eigenvalue weighted by Gasteiger charge is -2.29. The highest BCUT2D eigenvalue weighted by molar-refractivity contribution is 5.98. The van der Waals surface area contributed by atoms with E-state index >= 15 is 0 Å². The molecule has 0 bridgehead atoms. The molecule has 108 valence electrons. The number of fused-ring (bicyclic) bond motifs is 1. The van der Waals surface area contributed by atoms with Crippen molar-refractivity contribution in [1.82, 2.24) is 15.0 Å². The predicted molar refractivity (Wildman–Crippen MR) is 81.1 cm³/mol. The van der Waals surface area contributed by atoms with E-state index in [0.717, 1.165) is 29.7 Å². The van der Waals surface area contributed by atoms with E-state index < -0.39 is 0 Å². The third-order valence-corrected chi connectivity index (χ3v) is 3.98. The van der Waals surface area contributed by atoms with Crippen molar-refractivity contribution in [2.45, 2.75) is 40.0 Å². The fourth-order valence-electron chi connectivity index (χ4n) is 2.89. The highest BCUT2D eigenvalue weighted by Gasteiger charge is 2.32. The van der Waals surface area contributed by atoms with Gasteiger partial charge in [-0.25, -0.2) is 9.97 Å². The number of pyridine rings is 1. The topological polar surface area (TPSA) is 55.7 Å². The van der Waals surface area contributed by atoms with Crippen molar-refractivity contribution in [2.75, 3.05) is 0 Å². The molecule has 0 unspecified atom stereocenters. The summed E-state index contributed by atoms with van der Waals surface area (Å²) in [7, 11) is 0. The van der Waals surface area contributed by atoms with E-state index in [4.69, 9.17) is 0 Å². The van der Waals surface area contributed by atoms with Gasteiger partial charge in [0, 0.05) is 30.6 Å². The molecule has 0 aliphatic heterocycles. The molecule has 3 rings (SSSR count). The normalized spacial score (nSPS) is 16.6. The van der Waals surface area contributed by atoms with Crippen LogP contribution in [0.2, 0.25) is 0 Å². The van der Waals surface area contributed by atoms with E-state index in [0.29, 0.717) is 17.8 Å². The van der Waals surface area contributed by atoms with Gasteiger partial charge in [-0.1, -0.05) is 20.8 Å². The molecule has 0 spiro atoms. The molecule has 0 aromatic carbocycles. The summed E-state index contributed by atoms with van der Waals surface area (Å²) in [5.41, 5.74) is 3.66. The first-order valence-corrected chi connectivity index (χ1v) is 7.32. The van der Waals surface area contributed by atoms with Crippen LogP contribution in [0.4, 0.5) is 0 Å². The van der Waals surface area contributed by atoms with E-state index in [1.54, 1.807) is 12.4 Å². The summed E-state index contributed by atoms with van der Waals surface area (Å²) in [5.74, 6) is 0.844. The Bertz CT molecular complexity index is 707. The van der Waals surface area contributed by atoms with Gasteiger partial charge < -0.3 is 0 Å². The Morgan fingerprint density at radius 2 is 2.00 bits per heavy atom. The molecule has 0 fully saturated rings. The average molecular weight is 281 g/mol. The van der Waals surface area contributed by atoms with Crippen LogP contribution in [0.15, 0.2) is 24.7 Å². The van der Waals surface area contributed by atoms with Crippen LogP contribution in [-0.2, 0) is 12.8 Å². The van der Waals surface area contributed by atoms with Gasteiger partial charge >= 0.3 is 0 Å². The molecule has 2 aromatic rings. The Labute approximate surface area is 124 Å². The van der Waals surface area contributed by atoms with Gasteiger partial charge in [-0.15, -0.1) is 0 Å². The van der Waals surface area contributed by atoms with Gasteiger partial charge in [0.25, 0.3) is 0 Å². The van der Waals surface area contributed by atoms with Crippen LogP contribution >= 0.6 is 0 Å². The number of hydrogen-bond donors (Lipinski definition) is 0. The number of aromatic nitrogens is 3. The number of carbonyl (C=O) groups is 1. The highest BCUT2D eigenvalue weighted by Crippen LogP contribution is 2.34. The third kappa shape index (κ3) is 2.58. The summed E-state index contributed by atoms with van der Waals surface area (Å²) in [6, 6.07) is 1.94. The molecule has 2 aromatic heterocycles. The molecule has 0 atom stereocenters. The minimum Gasteiger partial charge on any atom is -0.294 e. The SMILES string of the molecule is CCc1cnccc1-c1ncc2c(n1)CC(C)(C)CC2=O. The van der Waals surface area contributed by atoms with Gasteiger partial charge in [-0.2, -0.15) is 0 Å². The van der Waals surface area contributed by atoms with Crippen LogP contribution in [0.5, 0.6) is 0 Å². The third-order valence-electron chi connectivity index (χ3n) is 3.98. The quantitative estimate of drug-likeness (QED) is 0.848. The zero-order chi connectivity index (χ0) is 15.0. The van der Waals surface area contributed by atoms with Crippen molar-refractivity contribution in [3.05, 3.63) is 41.5 Å².